The Bertz CT molecular complexity index is 1190. The molecule has 5 nitrogen and oxygen atoms in total. The molecule has 1 aliphatic rings. The highest BCUT2D eigenvalue weighted by Crippen LogP contribution is 2.29. The van der Waals surface area contributed by atoms with Crippen LogP contribution in [0.5, 0.6) is 0 Å². The van der Waals surface area contributed by atoms with Crippen LogP contribution < -0.4 is 4.31 Å². The summed E-state index contributed by atoms with van der Waals surface area (Å²) in [6.07, 6.45) is 0. The second-order valence-electron chi connectivity index (χ2n) is 8.05. The fraction of sp³-hybridized carbons (Fsp3) is 0.333. The Morgan fingerprint density at radius 3 is 2.56 bits per heavy atom. The first-order chi connectivity index (χ1) is 15.3. The van der Waals surface area contributed by atoms with Crippen molar-refractivity contribution in [3.63, 3.8) is 0 Å². The van der Waals surface area contributed by atoms with Crippen molar-refractivity contribution in [3.05, 3.63) is 81.3 Å². The van der Waals surface area contributed by atoms with Crippen LogP contribution in [0.3, 0.4) is 0 Å². The summed E-state index contributed by atoms with van der Waals surface area (Å²) in [7, 11) is -3.88. The first kappa shape index (κ1) is 22.9. The minimum atomic E-state index is -3.88. The molecule has 0 N–H and O–H groups in total. The standard InChI is InChI=1S/C24H27FN2O3S2/c1-18-6-7-24(12-19(18)2)32(28,29)27(22-5-3-4-21(25)14-22)16-23-13-20(17-31-23)15-26-8-10-30-11-9-26/h3-7,12-14,17H,8-11,15-16H2,1-2H3. The quantitative estimate of drug-likeness (QED) is 0.497. The maximum Gasteiger partial charge on any atom is 0.264 e. The molecule has 3 aromatic rings. The average molecular weight is 475 g/mol. The van der Waals surface area contributed by atoms with Crippen LogP contribution in [0.2, 0.25) is 0 Å². The van der Waals surface area contributed by atoms with E-state index in [2.05, 4.69) is 10.3 Å². The van der Waals surface area contributed by atoms with Gasteiger partial charge in [0.1, 0.15) is 5.82 Å². The minimum Gasteiger partial charge on any atom is -0.379 e. The van der Waals surface area contributed by atoms with Gasteiger partial charge in [-0.2, -0.15) is 0 Å². The third-order valence-corrected chi connectivity index (χ3v) is 8.42. The fourth-order valence-corrected chi connectivity index (χ4v) is 6.17. The molecule has 1 aliphatic heterocycles. The number of ether oxygens (including phenoxy) is 1. The molecule has 4 rings (SSSR count). The van der Waals surface area contributed by atoms with Gasteiger partial charge in [0.15, 0.2) is 0 Å². The summed E-state index contributed by atoms with van der Waals surface area (Å²) in [6, 6.07) is 12.9. The molecule has 0 aliphatic carbocycles. The number of sulfonamides is 1. The summed E-state index contributed by atoms with van der Waals surface area (Å²) in [4.78, 5) is 3.44. The highest BCUT2D eigenvalue weighted by Gasteiger charge is 2.26. The topological polar surface area (TPSA) is 49.9 Å². The van der Waals surface area contributed by atoms with Gasteiger partial charge in [0, 0.05) is 24.5 Å². The summed E-state index contributed by atoms with van der Waals surface area (Å²) in [5.41, 5.74) is 3.38. The number of nitrogens with zero attached hydrogens (tertiary/aromatic N) is 2. The van der Waals surface area contributed by atoms with Gasteiger partial charge in [-0.3, -0.25) is 9.21 Å². The van der Waals surface area contributed by atoms with E-state index in [-0.39, 0.29) is 11.4 Å². The molecule has 32 heavy (non-hydrogen) atoms. The number of hydrogen-bond acceptors (Lipinski definition) is 5. The van der Waals surface area contributed by atoms with Crippen LogP contribution in [-0.2, 0) is 27.8 Å². The molecule has 1 fully saturated rings. The molecule has 0 radical (unpaired) electrons. The zero-order valence-corrected chi connectivity index (χ0v) is 19.9. The molecule has 1 aromatic heterocycles. The lowest BCUT2D eigenvalue weighted by Gasteiger charge is -2.26. The van der Waals surface area contributed by atoms with E-state index < -0.39 is 15.8 Å². The van der Waals surface area contributed by atoms with Gasteiger partial charge in [-0.05, 0) is 72.3 Å². The van der Waals surface area contributed by atoms with Gasteiger partial charge in [0.05, 0.1) is 30.3 Å². The lowest BCUT2D eigenvalue weighted by Crippen LogP contribution is -2.35. The van der Waals surface area contributed by atoms with Crippen molar-refractivity contribution in [2.45, 2.75) is 31.8 Å². The third kappa shape index (κ3) is 5.20. The molecule has 0 amide bonds. The summed E-state index contributed by atoms with van der Waals surface area (Å²) in [5.74, 6) is -0.470. The molecule has 1 saturated heterocycles. The number of thiophene rings is 1. The average Bonchev–Trinajstić information content (AvgIpc) is 3.21. The third-order valence-electron chi connectivity index (χ3n) is 5.68. The summed E-state index contributed by atoms with van der Waals surface area (Å²) < 4.78 is 47.9. The zero-order chi connectivity index (χ0) is 22.7. The SMILES string of the molecule is Cc1ccc(S(=O)(=O)N(Cc2cc(CN3CCOCC3)cs2)c2cccc(F)c2)cc1C. The molecule has 0 atom stereocenters. The molecule has 0 spiro atoms. The van der Waals surface area contributed by atoms with Crippen LogP contribution in [0.4, 0.5) is 10.1 Å². The normalized spacial score (nSPS) is 15.1. The van der Waals surface area contributed by atoms with Crippen molar-refractivity contribution in [1.82, 2.24) is 4.90 Å². The highest BCUT2D eigenvalue weighted by atomic mass is 32.2. The van der Waals surface area contributed by atoms with Gasteiger partial charge >= 0.3 is 0 Å². The van der Waals surface area contributed by atoms with E-state index in [0.717, 1.165) is 54.4 Å². The molecule has 0 unspecified atom stereocenters. The molecule has 0 saturated carbocycles. The van der Waals surface area contributed by atoms with Gasteiger partial charge in [-0.25, -0.2) is 12.8 Å². The van der Waals surface area contributed by atoms with E-state index in [4.69, 9.17) is 4.74 Å². The first-order valence-electron chi connectivity index (χ1n) is 10.5. The van der Waals surface area contributed by atoms with E-state index in [1.807, 2.05) is 19.9 Å². The Labute approximate surface area is 193 Å². The Morgan fingerprint density at radius 1 is 1.06 bits per heavy atom. The summed E-state index contributed by atoms with van der Waals surface area (Å²) >= 11 is 1.52. The molecule has 8 heteroatoms. The number of morpholine rings is 1. The first-order valence-corrected chi connectivity index (χ1v) is 12.9. The Hall–Kier alpha value is -2.26. The Balaban J connectivity index is 1.64. The van der Waals surface area contributed by atoms with Crippen LogP contribution in [0, 0.1) is 19.7 Å². The number of rotatable bonds is 7. The van der Waals surface area contributed by atoms with Gasteiger partial charge in [-0.15, -0.1) is 11.3 Å². The number of halogens is 1. The molecule has 170 valence electrons. The van der Waals surface area contributed by atoms with E-state index in [9.17, 15) is 12.8 Å². The summed E-state index contributed by atoms with van der Waals surface area (Å²) in [6.45, 7) is 8.03. The molecule has 2 aromatic carbocycles. The van der Waals surface area contributed by atoms with Crippen LogP contribution in [0.15, 0.2) is 58.8 Å². The van der Waals surface area contributed by atoms with Gasteiger partial charge in [0.25, 0.3) is 10.0 Å². The fourth-order valence-electron chi connectivity index (χ4n) is 3.70. The van der Waals surface area contributed by atoms with E-state index in [0.29, 0.717) is 5.69 Å². The second kappa shape index (κ2) is 9.70. The molecular formula is C24H27FN2O3S2. The number of anilines is 1. The predicted octanol–water partition coefficient (Wildman–Crippen LogP) is 4.73. The van der Waals surface area contributed by atoms with Crippen molar-refractivity contribution in [3.8, 4) is 0 Å². The highest BCUT2D eigenvalue weighted by molar-refractivity contribution is 7.92. The van der Waals surface area contributed by atoms with E-state index >= 15 is 0 Å². The van der Waals surface area contributed by atoms with Crippen LogP contribution >= 0.6 is 11.3 Å². The van der Waals surface area contributed by atoms with Gasteiger partial charge in [-0.1, -0.05) is 12.1 Å². The predicted molar refractivity (Wildman–Crippen MR) is 126 cm³/mol. The smallest absolute Gasteiger partial charge is 0.264 e. The minimum absolute atomic E-state index is 0.145. The number of hydrogen-bond donors (Lipinski definition) is 0. The van der Waals surface area contributed by atoms with E-state index in [1.165, 1.54) is 33.8 Å². The Morgan fingerprint density at radius 2 is 1.84 bits per heavy atom. The second-order valence-corrected chi connectivity index (χ2v) is 10.9. The largest absolute Gasteiger partial charge is 0.379 e. The maximum atomic E-state index is 14.0. The number of aryl methyl sites for hydroxylation is 2. The van der Waals surface area contributed by atoms with Gasteiger partial charge in [0.2, 0.25) is 0 Å². The van der Waals surface area contributed by atoms with Crippen LogP contribution in [-0.4, -0.2) is 39.6 Å². The van der Waals surface area contributed by atoms with Gasteiger partial charge < -0.3 is 4.74 Å². The molecular weight excluding hydrogens is 447 g/mol. The van der Waals surface area contributed by atoms with Crippen molar-refractivity contribution in [2.24, 2.45) is 0 Å². The van der Waals surface area contributed by atoms with Crippen molar-refractivity contribution < 1.29 is 17.5 Å². The zero-order valence-electron chi connectivity index (χ0n) is 18.3. The number of benzene rings is 2. The molecule has 0 bridgehead atoms. The lowest BCUT2D eigenvalue weighted by atomic mass is 10.1. The lowest BCUT2D eigenvalue weighted by molar-refractivity contribution is 0.0342. The van der Waals surface area contributed by atoms with E-state index in [1.54, 1.807) is 24.3 Å². The Kier molecular flexibility index (Phi) is 6.95. The van der Waals surface area contributed by atoms with Crippen molar-refractivity contribution in [2.75, 3.05) is 30.6 Å². The monoisotopic (exact) mass is 474 g/mol. The maximum absolute atomic E-state index is 14.0. The van der Waals surface area contributed by atoms with Crippen molar-refractivity contribution >= 4 is 27.0 Å². The van der Waals surface area contributed by atoms with Crippen LogP contribution in [0.25, 0.3) is 0 Å². The van der Waals surface area contributed by atoms with Crippen molar-refractivity contribution in [1.29, 1.82) is 0 Å². The molecule has 2 heterocycles. The summed E-state index contributed by atoms with van der Waals surface area (Å²) in [5, 5.41) is 2.07. The van der Waals surface area contributed by atoms with Crippen LogP contribution in [0.1, 0.15) is 21.6 Å².